The molecular weight excluding hydrogens is 483 g/mol. The number of rotatable bonds is 4. The normalized spacial score (nSPS) is 14.3. The standard InChI is InChI=1S/C23H18F3N5O5/c1-34-16-4-2-3-13-11-15(21(33)35-18(13)16)20(32)31-9-7-30(8-10-31)17-6-5-14(12-27-17)19-28-22(36-29-19)23(24,25)26/h2-6,11-12H,7-10H2,1H3. The van der Waals surface area contributed by atoms with Gasteiger partial charge in [-0.05, 0) is 24.3 Å². The Kier molecular flexibility index (Phi) is 5.82. The fourth-order valence-electron chi connectivity index (χ4n) is 3.90. The Morgan fingerprint density at radius 1 is 1.11 bits per heavy atom. The highest BCUT2D eigenvalue weighted by Gasteiger charge is 2.38. The lowest BCUT2D eigenvalue weighted by Crippen LogP contribution is -2.49. The minimum absolute atomic E-state index is 0.0648. The van der Waals surface area contributed by atoms with E-state index in [9.17, 15) is 22.8 Å². The van der Waals surface area contributed by atoms with Crippen molar-refractivity contribution in [2.24, 2.45) is 0 Å². The lowest BCUT2D eigenvalue weighted by atomic mass is 10.1. The molecule has 0 unspecified atom stereocenters. The van der Waals surface area contributed by atoms with Crippen LogP contribution in [0.15, 0.2) is 56.3 Å². The number of para-hydroxylation sites is 1. The molecule has 0 bridgehead atoms. The zero-order valence-electron chi connectivity index (χ0n) is 18.8. The van der Waals surface area contributed by atoms with Crippen molar-refractivity contribution >= 4 is 22.7 Å². The number of halogens is 3. The van der Waals surface area contributed by atoms with Gasteiger partial charge in [-0.3, -0.25) is 4.79 Å². The van der Waals surface area contributed by atoms with Gasteiger partial charge in [-0.1, -0.05) is 17.3 Å². The van der Waals surface area contributed by atoms with Crippen LogP contribution in [0.4, 0.5) is 19.0 Å². The Bertz CT molecular complexity index is 1470. The number of nitrogens with zero attached hydrogens (tertiary/aromatic N) is 5. The van der Waals surface area contributed by atoms with Crippen molar-refractivity contribution < 1.29 is 31.6 Å². The maximum Gasteiger partial charge on any atom is 0.471 e. The molecule has 10 nitrogen and oxygen atoms in total. The number of ether oxygens (including phenoxy) is 1. The van der Waals surface area contributed by atoms with Gasteiger partial charge in [0.05, 0.1) is 7.11 Å². The van der Waals surface area contributed by atoms with E-state index in [1.807, 2.05) is 4.90 Å². The summed E-state index contributed by atoms with van der Waals surface area (Å²) >= 11 is 0. The Labute approximate surface area is 200 Å². The van der Waals surface area contributed by atoms with Gasteiger partial charge in [0.25, 0.3) is 5.91 Å². The summed E-state index contributed by atoms with van der Waals surface area (Å²) in [6.07, 6.45) is -3.37. The van der Waals surface area contributed by atoms with Gasteiger partial charge in [0.2, 0.25) is 5.82 Å². The molecule has 1 aliphatic rings. The predicted molar refractivity (Wildman–Crippen MR) is 120 cm³/mol. The van der Waals surface area contributed by atoms with Gasteiger partial charge in [-0.2, -0.15) is 18.2 Å². The highest BCUT2D eigenvalue weighted by atomic mass is 19.4. The number of pyridine rings is 1. The smallest absolute Gasteiger partial charge is 0.471 e. The first kappa shape index (κ1) is 23.3. The average molecular weight is 501 g/mol. The first-order valence-corrected chi connectivity index (χ1v) is 10.8. The van der Waals surface area contributed by atoms with Crippen LogP contribution < -0.4 is 15.3 Å². The SMILES string of the molecule is COc1cccc2cc(C(=O)N3CCN(c4ccc(-c5noc(C(F)(F)F)n5)cn4)CC3)c(=O)oc12. The van der Waals surface area contributed by atoms with Crippen molar-refractivity contribution in [2.45, 2.75) is 6.18 Å². The van der Waals surface area contributed by atoms with Crippen LogP contribution in [0.1, 0.15) is 16.2 Å². The van der Waals surface area contributed by atoms with E-state index in [4.69, 9.17) is 9.15 Å². The van der Waals surface area contributed by atoms with Crippen LogP contribution in [0.5, 0.6) is 5.75 Å². The molecule has 0 atom stereocenters. The van der Waals surface area contributed by atoms with Crippen LogP contribution >= 0.6 is 0 Å². The number of fused-ring (bicyclic) bond motifs is 1. The molecule has 5 rings (SSSR count). The molecule has 1 saturated heterocycles. The van der Waals surface area contributed by atoms with E-state index < -0.39 is 23.6 Å². The second-order valence-corrected chi connectivity index (χ2v) is 7.93. The molecule has 13 heteroatoms. The zero-order chi connectivity index (χ0) is 25.4. The second kappa shape index (κ2) is 8.98. The van der Waals surface area contributed by atoms with Crippen molar-refractivity contribution in [1.82, 2.24) is 20.0 Å². The average Bonchev–Trinajstić information content (AvgIpc) is 3.39. The number of benzene rings is 1. The van der Waals surface area contributed by atoms with Crippen molar-refractivity contribution in [3.63, 3.8) is 0 Å². The van der Waals surface area contributed by atoms with Gasteiger partial charge in [-0.25, -0.2) is 9.78 Å². The highest BCUT2D eigenvalue weighted by Crippen LogP contribution is 2.30. The number of amides is 1. The summed E-state index contributed by atoms with van der Waals surface area (Å²) in [5.41, 5.74) is -0.264. The Morgan fingerprint density at radius 3 is 2.53 bits per heavy atom. The molecule has 36 heavy (non-hydrogen) atoms. The highest BCUT2D eigenvalue weighted by molar-refractivity contribution is 5.97. The van der Waals surface area contributed by atoms with E-state index >= 15 is 0 Å². The summed E-state index contributed by atoms with van der Waals surface area (Å²) in [5, 5.41) is 3.92. The molecule has 186 valence electrons. The third kappa shape index (κ3) is 4.34. The van der Waals surface area contributed by atoms with E-state index in [0.29, 0.717) is 43.1 Å². The van der Waals surface area contributed by atoms with E-state index in [-0.39, 0.29) is 22.5 Å². The van der Waals surface area contributed by atoms with Gasteiger partial charge in [0, 0.05) is 43.3 Å². The number of carbonyl (C=O) groups excluding carboxylic acids is 1. The molecule has 4 aromatic rings. The fourth-order valence-corrected chi connectivity index (χ4v) is 3.90. The molecule has 4 heterocycles. The first-order chi connectivity index (χ1) is 17.2. The van der Waals surface area contributed by atoms with Gasteiger partial charge in [0.1, 0.15) is 11.4 Å². The molecule has 1 amide bonds. The third-order valence-electron chi connectivity index (χ3n) is 5.74. The number of aromatic nitrogens is 3. The Hall–Kier alpha value is -4.42. The lowest BCUT2D eigenvalue weighted by molar-refractivity contribution is -0.159. The van der Waals surface area contributed by atoms with Crippen LogP contribution in [0.3, 0.4) is 0 Å². The van der Waals surface area contributed by atoms with Gasteiger partial charge in [0.15, 0.2) is 11.3 Å². The topological polar surface area (TPSA) is 115 Å². The monoisotopic (exact) mass is 501 g/mol. The molecule has 1 aliphatic heterocycles. The number of alkyl halides is 3. The summed E-state index contributed by atoms with van der Waals surface area (Å²) in [6.45, 7) is 1.53. The molecular formula is C23H18F3N5O5. The summed E-state index contributed by atoms with van der Waals surface area (Å²) < 4.78 is 52.8. The number of hydrogen-bond acceptors (Lipinski definition) is 9. The molecule has 1 fully saturated rings. The van der Waals surface area contributed by atoms with Crippen LogP contribution in [-0.4, -0.2) is 59.2 Å². The number of carbonyl (C=O) groups is 1. The van der Waals surface area contributed by atoms with Crippen LogP contribution in [0.2, 0.25) is 0 Å². The minimum Gasteiger partial charge on any atom is -0.493 e. The fraction of sp³-hybridized carbons (Fsp3) is 0.261. The van der Waals surface area contributed by atoms with Gasteiger partial charge < -0.3 is 23.5 Å². The minimum atomic E-state index is -4.73. The predicted octanol–water partition coefficient (Wildman–Crippen LogP) is 3.23. The molecule has 0 aliphatic carbocycles. The molecule has 0 N–H and O–H groups in total. The summed E-state index contributed by atoms with van der Waals surface area (Å²) in [5.74, 6) is -1.11. The molecule has 0 spiro atoms. The Morgan fingerprint density at radius 2 is 1.89 bits per heavy atom. The van der Waals surface area contributed by atoms with Crippen LogP contribution in [0, 0.1) is 0 Å². The van der Waals surface area contributed by atoms with E-state index in [1.54, 1.807) is 35.2 Å². The van der Waals surface area contributed by atoms with Crippen molar-refractivity contribution in [3.8, 4) is 17.1 Å². The molecule has 0 saturated carbocycles. The second-order valence-electron chi connectivity index (χ2n) is 7.93. The number of anilines is 1. The largest absolute Gasteiger partial charge is 0.493 e. The van der Waals surface area contributed by atoms with E-state index in [1.165, 1.54) is 19.4 Å². The Balaban J connectivity index is 1.26. The molecule has 3 aromatic heterocycles. The quantitative estimate of drug-likeness (QED) is 0.389. The van der Waals surface area contributed by atoms with Crippen molar-refractivity contribution in [2.75, 3.05) is 38.2 Å². The number of methoxy groups -OCH3 is 1. The van der Waals surface area contributed by atoms with Crippen LogP contribution in [0.25, 0.3) is 22.4 Å². The first-order valence-electron chi connectivity index (χ1n) is 10.8. The summed E-state index contributed by atoms with van der Waals surface area (Å²) in [4.78, 5) is 36.6. The van der Waals surface area contributed by atoms with E-state index in [2.05, 4.69) is 19.6 Å². The van der Waals surface area contributed by atoms with Gasteiger partial charge in [-0.15, -0.1) is 0 Å². The maximum atomic E-state index is 13.0. The van der Waals surface area contributed by atoms with Gasteiger partial charge >= 0.3 is 17.7 Å². The van der Waals surface area contributed by atoms with Crippen molar-refractivity contribution in [1.29, 1.82) is 0 Å². The number of hydrogen-bond donors (Lipinski definition) is 0. The van der Waals surface area contributed by atoms with Crippen LogP contribution in [-0.2, 0) is 6.18 Å². The lowest BCUT2D eigenvalue weighted by Gasteiger charge is -2.35. The molecule has 1 aromatic carbocycles. The van der Waals surface area contributed by atoms with Crippen molar-refractivity contribution in [3.05, 3.63) is 64.5 Å². The third-order valence-corrected chi connectivity index (χ3v) is 5.74. The summed E-state index contributed by atoms with van der Waals surface area (Å²) in [6, 6.07) is 9.79. The van der Waals surface area contributed by atoms with E-state index in [0.717, 1.165) is 0 Å². The maximum absolute atomic E-state index is 13.0. The zero-order valence-corrected chi connectivity index (χ0v) is 18.8. The summed E-state index contributed by atoms with van der Waals surface area (Å²) in [7, 11) is 1.46. The molecule has 0 radical (unpaired) electrons. The number of piperazine rings is 1.